The molecule has 1 amide bonds. The van der Waals surface area contributed by atoms with Crippen molar-refractivity contribution in [1.82, 2.24) is 4.98 Å². The number of hydrogen-bond acceptors (Lipinski definition) is 7. The van der Waals surface area contributed by atoms with Crippen LogP contribution in [-0.4, -0.2) is 35.0 Å². The molecule has 0 bridgehead atoms. The van der Waals surface area contributed by atoms with Crippen molar-refractivity contribution in [1.29, 1.82) is 0 Å². The quantitative estimate of drug-likeness (QED) is 0.406. The van der Waals surface area contributed by atoms with E-state index in [1.807, 2.05) is 24.3 Å². The van der Waals surface area contributed by atoms with E-state index >= 15 is 0 Å². The number of carboxylic acids is 1. The van der Waals surface area contributed by atoms with Gasteiger partial charge in [-0.25, -0.2) is 14.6 Å². The molecule has 0 aliphatic heterocycles. The number of methoxy groups -OCH3 is 1. The van der Waals surface area contributed by atoms with E-state index in [1.54, 1.807) is 29.6 Å². The van der Waals surface area contributed by atoms with E-state index in [0.29, 0.717) is 22.1 Å². The van der Waals surface area contributed by atoms with Crippen LogP contribution in [0, 0.1) is 0 Å². The number of benzene rings is 2. The van der Waals surface area contributed by atoms with Crippen molar-refractivity contribution in [3.8, 4) is 17.0 Å². The maximum atomic E-state index is 11.7. The Hall–Kier alpha value is -3.98. The number of hydrogen-bond donors (Lipinski definition) is 2. The van der Waals surface area contributed by atoms with Crippen LogP contribution >= 0.6 is 11.3 Å². The van der Waals surface area contributed by atoms with Crippen molar-refractivity contribution in [2.24, 2.45) is 0 Å². The summed E-state index contributed by atoms with van der Waals surface area (Å²) in [5.74, 6) is -1.58. The van der Waals surface area contributed by atoms with Crippen LogP contribution < -0.4 is 10.1 Å². The summed E-state index contributed by atoms with van der Waals surface area (Å²) in [4.78, 5) is 38.1. The Bertz CT molecular complexity index is 1120. The number of rotatable bonds is 8. The number of ether oxygens (including phenoxy) is 2. The highest BCUT2D eigenvalue weighted by Crippen LogP contribution is 2.32. The highest BCUT2D eigenvalue weighted by atomic mass is 32.1. The van der Waals surface area contributed by atoms with Crippen LogP contribution in [0.1, 0.15) is 15.9 Å². The van der Waals surface area contributed by atoms with Gasteiger partial charge in [-0.2, -0.15) is 0 Å². The number of para-hydroxylation sites is 1. The fourth-order valence-electron chi connectivity index (χ4n) is 2.57. The molecule has 0 aliphatic rings. The van der Waals surface area contributed by atoms with Crippen molar-refractivity contribution in [3.05, 3.63) is 77.2 Å². The van der Waals surface area contributed by atoms with Gasteiger partial charge in [0.1, 0.15) is 12.4 Å². The SMILES string of the molecule is COC(=O)c1ccc(COc2ccccc2-c2csc(NC(=O)/C=C/C(=O)O)n2)cc1. The van der Waals surface area contributed by atoms with Gasteiger partial charge < -0.3 is 14.6 Å². The largest absolute Gasteiger partial charge is 0.488 e. The van der Waals surface area contributed by atoms with Gasteiger partial charge in [0, 0.05) is 23.1 Å². The first-order valence-electron chi connectivity index (χ1n) is 9.03. The molecule has 1 aromatic heterocycles. The number of aromatic nitrogens is 1. The Kier molecular flexibility index (Phi) is 7.13. The van der Waals surface area contributed by atoms with Gasteiger partial charge in [0.2, 0.25) is 5.91 Å². The first-order chi connectivity index (χ1) is 15.0. The molecular formula is C22H18N2O6S. The normalized spacial score (nSPS) is 10.6. The molecule has 0 radical (unpaired) electrons. The average Bonchev–Trinajstić information content (AvgIpc) is 3.24. The van der Waals surface area contributed by atoms with Gasteiger partial charge >= 0.3 is 11.9 Å². The standard InChI is InChI=1S/C22H18N2O6S/c1-29-21(28)15-8-6-14(7-9-15)12-30-18-5-3-2-4-16(18)17-13-31-22(23-17)24-19(25)10-11-20(26)27/h2-11,13H,12H2,1H3,(H,26,27)(H,23,24,25)/b11-10+. The van der Waals surface area contributed by atoms with Crippen LogP contribution in [0.4, 0.5) is 5.13 Å². The maximum Gasteiger partial charge on any atom is 0.337 e. The van der Waals surface area contributed by atoms with Crippen molar-refractivity contribution in [2.75, 3.05) is 12.4 Å². The molecule has 0 unspecified atom stereocenters. The van der Waals surface area contributed by atoms with Crippen LogP contribution in [0.2, 0.25) is 0 Å². The summed E-state index contributed by atoms with van der Waals surface area (Å²) in [5.41, 5.74) is 2.69. The Morgan fingerprint density at radius 1 is 1.10 bits per heavy atom. The van der Waals surface area contributed by atoms with Gasteiger partial charge in [-0.1, -0.05) is 24.3 Å². The molecular weight excluding hydrogens is 420 g/mol. The topological polar surface area (TPSA) is 115 Å². The Balaban J connectivity index is 1.69. The zero-order valence-electron chi connectivity index (χ0n) is 16.4. The zero-order valence-corrected chi connectivity index (χ0v) is 17.2. The molecule has 2 N–H and O–H groups in total. The number of thiazole rings is 1. The first kappa shape index (κ1) is 21.7. The lowest BCUT2D eigenvalue weighted by Gasteiger charge is -2.10. The van der Waals surface area contributed by atoms with Crippen molar-refractivity contribution in [2.45, 2.75) is 6.61 Å². The Morgan fingerprint density at radius 3 is 2.55 bits per heavy atom. The van der Waals surface area contributed by atoms with Gasteiger partial charge in [-0.15, -0.1) is 11.3 Å². The van der Waals surface area contributed by atoms with Crippen LogP contribution in [-0.2, 0) is 20.9 Å². The lowest BCUT2D eigenvalue weighted by Crippen LogP contribution is -2.08. The molecule has 2 aromatic carbocycles. The number of esters is 1. The van der Waals surface area contributed by atoms with Crippen LogP contribution in [0.5, 0.6) is 5.75 Å². The summed E-state index contributed by atoms with van der Waals surface area (Å²) in [7, 11) is 1.33. The molecule has 1 heterocycles. The van der Waals surface area contributed by atoms with E-state index in [9.17, 15) is 14.4 Å². The fourth-order valence-corrected chi connectivity index (χ4v) is 3.28. The minimum Gasteiger partial charge on any atom is -0.488 e. The van der Waals surface area contributed by atoms with E-state index in [-0.39, 0.29) is 6.61 Å². The van der Waals surface area contributed by atoms with Crippen LogP contribution in [0.25, 0.3) is 11.3 Å². The van der Waals surface area contributed by atoms with E-state index in [4.69, 9.17) is 9.84 Å². The van der Waals surface area contributed by atoms with Gasteiger partial charge in [0.05, 0.1) is 18.4 Å². The number of carbonyl (C=O) groups is 3. The Labute approximate surface area is 181 Å². The summed E-state index contributed by atoms with van der Waals surface area (Å²) >= 11 is 1.21. The number of amides is 1. The van der Waals surface area contributed by atoms with Crippen molar-refractivity contribution >= 4 is 34.3 Å². The lowest BCUT2D eigenvalue weighted by atomic mass is 10.1. The summed E-state index contributed by atoms with van der Waals surface area (Å²) in [6, 6.07) is 14.3. The smallest absolute Gasteiger partial charge is 0.337 e. The predicted molar refractivity (Wildman–Crippen MR) is 115 cm³/mol. The highest BCUT2D eigenvalue weighted by Gasteiger charge is 2.12. The molecule has 0 spiro atoms. The molecule has 0 atom stereocenters. The molecule has 0 saturated carbocycles. The monoisotopic (exact) mass is 438 g/mol. The molecule has 3 rings (SSSR count). The lowest BCUT2D eigenvalue weighted by molar-refractivity contribution is -0.131. The second-order valence-corrected chi connectivity index (χ2v) is 7.03. The molecule has 31 heavy (non-hydrogen) atoms. The number of nitrogens with zero attached hydrogens (tertiary/aromatic N) is 1. The highest BCUT2D eigenvalue weighted by molar-refractivity contribution is 7.14. The van der Waals surface area contributed by atoms with Crippen molar-refractivity contribution in [3.63, 3.8) is 0 Å². The van der Waals surface area contributed by atoms with Gasteiger partial charge in [-0.05, 0) is 29.8 Å². The van der Waals surface area contributed by atoms with Gasteiger partial charge in [0.15, 0.2) is 5.13 Å². The van der Waals surface area contributed by atoms with Gasteiger partial charge in [-0.3, -0.25) is 10.1 Å². The second-order valence-electron chi connectivity index (χ2n) is 6.17. The number of nitrogens with one attached hydrogen (secondary N) is 1. The third kappa shape index (κ3) is 6.00. The van der Waals surface area contributed by atoms with E-state index in [2.05, 4.69) is 15.0 Å². The third-order valence-corrected chi connectivity index (χ3v) is 4.80. The number of aliphatic carboxylic acids is 1. The van der Waals surface area contributed by atoms with Crippen LogP contribution in [0.15, 0.2) is 66.1 Å². The summed E-state index contributed by atoms with van der Waals surface area (Å²) < 4.78 is 10.6. The third-order valence-electron chi connectivity index (χ3n) is 4.04. The second kappa shape index (κ2) is 10.2. The number of carboxylic acid groups (broad SMARTS) is 1. The molecule has 158 valence electrons. The zero-order chi connectivity index (χ0) is 22.2. The predicted octanol–water partition coefficient (Wildman–Crippen LogP) is 3.76. The summed E-state index contributed by atoms with van der Waals surface area (Å²) in [5, 5.41) is 13.2. The molecule has 9 heteroatoms. The molecule has 3 aromatic rings. The first-order valence-corrected chi connectivity index (χ1v) is 9.91. The summed E-state index contributed by atoms with van der Waals surface area (Å²) in [6.07, 6.45) is 1.68. The Morgan fingerprint density at radius 2 is 1.84 bits per heavy atom. The minimum absolute atomic E-state index is 0.284. The molecule has 8 nitrogen and oxygen atoms in total. The minimum atomic E-state index is -1.21. The fraction of sp³-hybridized carbons (Fsp3) is 0.0909. The maximum absolute atomic E-state index is 11.7. The summed E-state index contributed by atoms with van der Waals surface area (Å²) in [6.45, 7) is 0.284. The average molecular weight is 438 g/mol. The molecule has 0 aliphatic carbocycles. The van der Waals surface area contributed by atoms with Crippen LogP contribution in [0.3, 0.4) is 0 Å². The molecule has 0 fully saturated rings. The van der Waals surface area contributed by atoms with E-state index < -0.39 is 17.8 Å². The van der Waals surface area contributed by atoms with E-state index in [0.717, 1.165) is 23.3 Å². The van der Waals surface area contributed by atoms with E-state index in [1.165, 1.54) is 18.4 Å². The van der Waals surface area contributed by atoms with Crippen molar-refractivity contribution < 1.29 is 29.0 Å². The number of anilines is 1. The number of carbonyl (C=O) groups excluding carboxylic acids is 2. The van der Waals surface area contributed by atoms with Gasteiger partial charge in [0.25, 0.3) is 0 Å². The molecule has 0 saturated heterocycles.